The van der Waals surface area contributed by atoms with Crippen molar-refractivity contribution in [3.63, 3.8) is 0 Å². The van der Waals surface area contributed by atoms with Gasteiger partial charge in [-0.25, -0.2) is 0 Å². The molecule has 8 rings (SSSR count). The summed E-state index contributed by atoms with van der Waals surface area (Å²) in [6, 6.07) is 23.3. The van der Waals surface area contributed by atoms with E-state index in [9.17, 15) is 0 Å². The number of fused-ring (bicyclic) bond motifs is 5. The highest BCUT2D eigenvalue weighted by atomic mass is 15.0. The maximum Gasteiger partial charge on any atom is 0.0541 e. The lowest BCUT2D eigenvalue weighted by Gasteiger charge is -2.26. The monoisotopic (exact) mass is 517 g/mol. The van der Waals surface area contributed by atoms with Gasteiger partial charge in [0.1, 0.15) is 0 Å². The third-order valence-electron chi connectivity index (χ3n) is 9.64. The Balaban J connectivity index is 1.22. The van der Waals surface area contributed by atoms with Gasteiger partial charge in [0.25, 0.3) is 0 Å². The molecule has 0 saturated heterocycles. The van der Waals surface area contributed by atoms with E-state index in [-0.39, 0.29) is 5.41 Å². The van der Waals surface area contributed by atoms with Crippen molar-refractivity contribution in [2.45, 2.75) is 57.8 Å². The zero-order valence-electron chi connectivity index (χ0n) is 23.5. The molecule has 40 heavy (non-hydrogen) atoms. The first-order valence-electron chi connectivity index (χ1n) is 15.0. The molecule has 3 aromatic carbocycles. The smallest absolute Gasteiger partial charge is 0.0541 e. The Morgan fingerprint density at radius 1 is 0.725 bits per heavy atom. The Morgan fingerprint density at radius 2 is 1.57 bits per heavy atom. The van der Waals surface area contributed by atoms with Gasteiger partial charge in [0.2, 0.25) is 0 Å². The second kappa shape index (κ2) is 8.96. The summed E-state index contributed by atoms with van der Waals surface area (Å²) in [6.45, 7) is 4.85. The van der Waals surface area contributed by atoms with Gasteiger partial charge < -0.3 is 4.57 Å². The summed E-state index contributed by atoms with van der Waals surface area (Å²) < 4.78 is 2.45. The van der Waals surface area contributed by atoms with E-state index in [0.29, 0.717) is 0 Å². The quantitative estimate of drug-likeness (QED) is 0.255. The lowest BCUT2D eigenvalue weighted by Crippen LogP contribution is -2.17. The lowest BCUT2D eigenvalue weighted by atomic mass is 9.77. The van der Waals surface area contributed by atoms with E-state index in [1.165, 1.54) is 66.5 Å². The fraction of sp³-hybridized carbons (Fsp3) is 0.231. The first kappa shape index (κ1) is 23.8. The Hall–Kier alpha value is -4.10. The number of rotatable bonds is 3. The predicted octanol–water partition coefficient (Wildman–Crippen LogP) is 10.6. The molecule has 0 bridgehead atoms. The first-order chi connectivity index (χ1) is 19.6. The Bertz CT molecular complexity index is 1910. The minimum Gasteiger partial charge on any atom is -0.310 e. The molecule has 0 N–H and O–H groups in total. The SMILES string of the molecule is CC1(C)C2=C(CCC(c3ccc4c(c3)c3ccccc3n4C3=CCCC=C3)=C2)c2ccc(C3=CC=CCC3)cc21. The molecular weight excluding hydrogens is 482 g/mol. The zero-order valence-corrected chi connectivity index (χ0v) is 23.5. The van der Waals surface area contributed by atoms with Gasteiger partial charge in [-0.2, -0.15) is 0 Å². The molecule has 1 heterocycles. The summed E-state index contributed by atoms with van der Waals surface area (Å²) in [5.74, 6) is 0. The van der Waals surface area contributed by atoms with Crippen molar-refractivity contribution in [2.75, 3.05) is 0 Å². The fourth-order valence-electron chi connectivity index (χ4n) is 7.52. The van der Waals surface area contributed by atoms with E-state index in [4.69, 9.17) is 0 Å². The molecule has 0 spiro atoms. The van der Waals surface area contributed by atoms with Gasteiger partial charge >= 0.3 is 0 Å². The molecule has 0 radical (unpaired) electrons. The van der Waals surface area contributed by atoms with Gasteiger partial charge in [-0.3, -0.25) is 0 Å². The number of hydrogen-bond donors (Lipinski definition) is 0. The van der Waals surface area contributed by atoms with E-state index in [0.717, 1.165) is 38.5 Å². The van der Waals surface area contributed by atoms with Crippen LogP contribution in [0.3, 0.4) is 0 Å². The number of allylic oxidation sites excluding steroid dienone is 12. The lowest BCUT2D eigenvalue weighted by molar-refractivity contribution is 0.651. The van der Waals surface area contributed by atoms with E-state index in [1.807, 2.05) is 0 Å². The average Bonchev–Trinajstić information content (AvgIpc) is 3.46. The molecule has 1 heteroatoms. The Labute approximate surface area is 237 Å². The third kappa shape index (κ3) is 3.53. The first-order valence-corrected chi connectivity index (χ1v) is 15.0. The van der Waals surface area contributed by atoms with Crippen LogP contribution in [0.15, 0.2) is 109 Å². The second-order valence-corrected chi connectivity index (χ2v) is 12.3. The van der Waals surface area contributed by atoms with Crippen LogP contribution in [0.4, 0.5) is 0 Å². The summed E-state index contributed by atoms with van der Waals surface area (Å²) in [5.41, 5.74) is 15.6. The molecule has 0 aliphatic heterocycles. The van der Waals surface area contributed by atoms with Crippen LogP contribution in [0.25, 0.3) is 44.2 Å². The summed E-state index contributed by atoms with van der Waals surface area (Å²) in [7, 11) is 0. The molecule has 0 atom stereocenters. The minimum absolute atomic E-state index is 0.0112. The van der Waals surface area contributed by atoms with Gasteiger partial charge in [0.05, 0.1) is 11.0 Å². The number of aromatic nitrogens is 1. The topological polar surface area (TPSA) is 4.93 Å². The van der Waals surface area contributed by atoms with Crippen molar-refractivity contribution in [1.29, 1.82) is 0 Å². The number of nitrogens with zero attached hydrogens (tertiary/aromatic N) is 1. The van der Waals surface area contributed by atoms with E-state index >= 15 is 0 Å². The summed E-state index contributed by atoms with van der Waals surface area (Å²) in [5, 5.41) is 2.69. The van der Waals surface area contributed by atoms with Gasteiger partial charge in [-0.1, -0.05) is 86.7 Å². The van der Waals surface area contributed by atoms with Crippen LogP contribution in [0.2, 0.25) is 0 Å². The zero-order chi connectivity index (χ0) is 26.8. The molecule has 1 nitrogen and oxygen atoms in total. The van der Waals surface area contributed by atoms with E-state index in [1.54, 1.807) is 5.57 Å². The normalized spacial score (nSPS) is 19.5. The highest BCUT2D eigenvalue weighted by molar-refractivity contribution is 6.11. The van der Waals surface area contributed by atoms with Crippen molar-refractivity contribution >= 4 is 44.2 Å². The maximum absolute atomic E-state index is 2.54. The molecule has 0 fully saturated rings. The molecule has 0 unspecified atom stereocenters. The molecule has 1 aromatic heterocycles. The standard InChI is InChI=1S/C39H35N/c1-39(2)35-24-28(26-11-5-3-6-12-26)17-20-31(35)32-21-18-29(25-36(32)39)27-19-22-38-34(23-27)33-15-9-10-16-37(33)40(38)30-13-7-4-8-14-30/h3,5,7,9-11,13-17,19-20,22-25H,4,6,8,12,18,21H2,1-2H3. The van der Waals surface area contributed by atoms with Crippen LogP contribution >= 0.6 is 0 Å². The Morgan fingerprint density at radius 3 is 2.42 bits per heavy atom. The molecule has 196 valence electrons. The van der Waals surface area contributed by atoms with Crippen LogP contribution in [0.5, 0.6) is 0 Å². The second-order valence-electron chi connectivity index (χ2n) is 12.3. The molecule has 0 saturated carbocycles. The van der Waals surface area contributed by atoms with E-state index < -0.39 is 0 Å². The van der Waals surface area contributed by atoms with Gasteiger partial charge in [0, 0.05) is 21.9 Å². The van der Waals surface area contributed by atoms with Crippen molar-refractivity contribution in [2.24, 2.45) is 0 Å². The van der Waals surface area contributed by atoms with Crippen molar-refractivity contribution < 1.29 is 0 Å². The summed E-state index contributed by atoms with van der Waals surface area (Å²) >= 11 is 0. The fourth-order valence-corrected chi connectivity index (χ4v) is 7.52. The summed E-state index contributed by atoms with van der Waals surface area (Å²) in [6.07, 6.45) is 23.0. The van der Waals surface area contributed by atoms with Crippen molar-refractivity contribution in [1.82, 2.24) is 4.57 Å². The number of benzene rings is 3. The van der Waals surface area contributed by atoms with Crippen LogP contribution in [-0.2, 0) is 5.41 Å². The Kier molecular flexibility index (Phi) is 5.32. The van der Waals surface area contributed by atoms with Gasteiger partial charge in [-0.15, -0.1) is 0 Å². The minimum atomic E-state index is 0.0112. The molecule has 4 aliphatic rings. The maximum atomic E-state index is 2.54. The number of para-hydroxylation sites is 1. The predicted molar refractivity (Wildman–Crippen MR) is 172 cm³/mol. The van der Waals surface area contributed by atoms with Crippen LogP contribution in [0, 0.1) is 0 Å². The van der Waals surface area contributed by atoms with Crippen molar-refractivity contribution in [3.05, 3.63) is 131 Å². The number of hydrogen-bond acceptors (Lipinski definition) is 0. The molecule has 4 aromatic rings. The highest BCUT2D eigenvalue weighted by Crippen LogP contribution is 2.52. The van der Waals surface area contributed by atoms with Gasteiger partial charge in [0.15, 0.2) is 0 Å². The summed E-state index contributed by atoms with van der Waals surface area (Å²) in [4.78, 5) is 0. The third-order valence-corrected chi connectivity index (χ3v) is 9.64. The van der Waals surface area contributed by atoms with Crippen LogP contribution in [0.1, 0.15) is 74.6 Å². The molecule has 4 aliphatic carbocycles. The van der Waals surface area contributed by atoms with Crippen LogP contribution in [-0.4, -0.2) is 4.57 Å². The average molecular weight is 518 g/mol. The van der Waals surface area contributed by atoms with Crippen molar-refractivity contribution in [3.8, 4) is 0 Å². The van der Waals surface area contributed by atoms with Crippen LogP contribution < -0.4 is 0 Å². The van der Waals surface area contributed by atoms with Gasteiger partial charge in [-0.05, 0) is 113 Å². The van der Waals surface area contributed by atoms with E-state index in [2.05, 4.69) is 122 Å². The molecule has 0 amide bonds. The largest absolute Gasteiger partial charge is 0.310 e. The highest BCUT2D eigenvalue weighted by Gasteiger charge is 2.38. The molecular formula is C39H35N.